The number of ether oxygens (including phenoxy) is 4. The number of esters is 2. The van der Waals surface area contributed by atoms with Crippen LogP contribution in [0.4, 0.5) is 0 Å². The molecule has 1 heterocycles. The van der Waals surface area contributed by atoms with Gasteiger partial charge in [-0.15, -0.1) is 0 Å². The van der Waals surface area contributed by atoms with Crippen molar-refractivity contribution in [2.24, 2.45) is 46.3 Å². The first-order valence-electron chi connectivity index (χ1n) is 15.7. The van der Waals surface area contributed by atoms with Crippen LogP contribution in [-0.2, 0) is 23.7 Å². The largest absolute Gasteiger partial charge is 0.455 e. The fourth-order valence-corrected chi connectivity index (χ4v) is 9.98. The maximum absolute atomic E-state index is 15.1. The molecule has 7 rings (SSSR count). The third-order valence-electron chi connectivity index (χ3n) is 11.6. The normalized spacial score (nSPS) is 37.3. The highest BCUT2D eigenvalue weighted by Crippen LogP contribution is 2.72. The SMILES string of the molecule is CC1CC2C(C3CC(OC(=O)c4ccc(Br)cc4)C(OC(=O)c4ccc(Br)cc4)C4CC(C5OCCO5)CC14C3=O)C2(C)C. The van der Waals surface area contributed by atoms with Crippen molar-refractivity contribution < 1.29 is 33.3 Å². The molecule has 44 heavy (non-hydrogen) atoms. The summed E-state index contributed by atoms with van der Waals surface area (Å²) in [5, 5.41) is 0. The van der Waals surface area contributed by atoms with Crippen LogP contribution < -0.4 is 0 Å². The molecule has 0 amide bonds. The number of hydrogen-bond donors (Lipinski definition) is 0. The molecule has 9 unspecified atom stereocenters. The zero-order valence-electron chi connectivity index (χ0n) is 25.2. The van der Waals surface area contributed by atoms with Crippen LogP contribution in [0.1, 0.15) is 67.2 Å². The van der Waals surface area contributed by atoms with Crippen molar-refractivity contribution in [3.8, 4) is 0 Å². The van der Waals surface area contributed by atoms with Crippen molar-refractivity contribution in [1.82, 2.24) is 0 Å². The molecule has 2 aromatic rings. The van der Waals surface area contributed by atoms with E-state index in [4.69, 9.17) is 18.9 Å². The molecule has 2 aromatic carbocycles. The Balaban J connectivity index is 1.32. The highest BCUT2D eigenvalue weighted by atomic mass is 79.9. The average Bonchev–Trinajstić information content (AvgIpc) is 3.39. The van der Waals surface area contributed by atoms with E-state index in [0.717, 1.165) is 15.4 Å². The van der Waals surface area contributed by atoms with Crippen LogP contribution in [0.25, 0.3) is 0 Å². The van der Waals surface area contributed by atoms with Gasteiger partial charge >= 0.3 is 11.9 Å². The second-order valence-electron chi connectivity index (χ2n) is 14.1. The molecule has 0 N–H and O–H groups in total. The van der Waals surface area contributed by atoms with Gasteiger partial charge in [-0.25, -0.2) is 9.59 Å². The Morgan fingerprint density at radius 1 is 0.818 bits per heavy atom. The zero-order valence-corrected chi connectivity index (χ0v) is 28.3. The molecular formula is C35H38Br2O7. The molecule has 5 aliphatic rings. The molecule has 9 atom stereocenters. The lowest BCUT2D eigenvalue weighted by Crippen LogP contribution is -2.48. The number of halogens is 2. The number of benzene rings is 2. The first kappa shape index (κ1) is 30.6. The highest BCUT2D eigenvalue weighted by molar-refractivity contribution is 9.10. The molecule has 4 saturated carbocycles. The summed E-state index contributed by atoms with van der Waals surface area (Å²) in [6, 6.07) is 14.1. The molecule has 5 fully saturated rings. The fourth-order valence-electron chi connectivity index (χ4n) is 9.46. The number of carbonyl (C=O) groups excluding carboxylic acids is 3. The summed E-state index contributed by atoms with van der Waals surface area (Å²) < 4.78 is 26.5. The van der Waals surface area contributed by atoms with E-state index in [1.807, 2.05) is 0 Å². The van der Waals surface area contributed by atoms with E-state index in [-0.39, 0.29) is 40.8 Å². The molecule has 2 bridgehead atoms. The van der Waals surface area contributed by atoms with Crippen LogP contribution in [0, 0.1) is 46.3 Å². The lowest BCUT2D eigenvalue weighted by Gasteiger charge is -2.42. The number of carbonyl (C=O) groups is 3. The molecular weight excluding hydrogens is 692 g/mol. The number of rotatable bonds is 5. The number of fused-ring (bicyclic) bond motifs is 3. The van der Waals surface area contributed by atoms with E-state index >= 15 is 4.79 Å². The third-order valence-corrected chi connectivity index (χ3v) is 12.7. The maximum Gasteiger partial charge on any atom is 0.338 e. The second-order valence-corrected chi connectivity index (χ2v) is 15.9. The second kappa shape index (κ2) is 11.3. The molecule has 1 spiro atoms. The van der Waals surface area contributed by atoms with E-state index < -0.39 is 35.9 Å². The van der Waals surface area contributed by atoms with Crippen LogP contribution in [0.2, 0.25) is 0 Å². The van der Waals surface area contributed by atoms with E-state index in [0.29, 0.717) is 49.5 Å². The van der Waals surface area contributed by atoms with Crippen LogP contribution in [0.5, 0.6) is 0 Å². The minimum absolute atomic E-state index is 0.0215. The van der Waals surface area contributed by atoms with Crippen LogP contribution in [0.15, 0.2) is 57.5 Å². The minimum atomic E-state index is -0.799. The van der Waals surface area contributed by atoms with E-state index in [1.54, 1.807) is 48.5 Å². The van der Waals surface area contributed by atoms with Crippen molar-refractivity contribution in [3.05, 3.63) is 68.6 Å². The van der Waals surface area contributed by atoms with E-state index in [1.165, 1.54) is 0 Å². The average molecular weight is 730 g/mol. The summed E-state index contributed by atoms with van der Waals surface area (Å²) in [5.41, 5.74) is 0.115. The fraction of sp³-hybridized carbons (Fsp3) is 0.571. The Kier molecular flexibility index (Phi) is 7.87. The Morgan fingerprint density at radius 3 is 1.98 bits per heavy atom. The van der Waals surface area contributed by atoms with Crippen molar-refractivity contribution in [2.75, 3.05) is 13.2 Å². The van der Waals surface area contributed by atoms with Gasteiger partial charge in [0.15, 0.2) is 6.29 Å². The van der Waals surface area contributed by atoms with Gasteiger partial charge in [0.05, 0.1) is 24.3 Å². The summed E-state index contributed by atoms with van der Waals surface area (Å²) in [6.45, 7) is 7.78. The quantitative estimate of drug-likeness (QED) is 0.300. The molecule has 7 nitrogen and oxygen atoms in total. The summed E-state index contributed by atoms with van der Waals surface area (Å²) in [4.78, 5) is 42.5. The van der Waals surface area contributed by atoms with E-state index in [2.05, 4.69) is 52.6 Å². The van der Waals surface area contributed by atoms with Crippen molar-refractivity contribution in [3.63, 3.8) is 0 Å². The lowest BCUT2D eigenvalue weighted by molar-refractivity contribution is -0.141. The van der Waals surface area contributed by atoms with Gasteiger partial charge in [0.1, 0.15) is 18.0 Å². The van der Waals surface area contributed by atoms with Crippen LogP contribution in [0.3, 0.4) is 0 Å². The summed E-state index contributed by atoms with van der Waals surface area (Å²) in [6.07, 6.45) is 0.539. The molecule has 0 radical (unpaired) electrons. The number of ketones is 1. The van der Waals surface area contributed by atoms with E-state index in [9.17, 15) is 9.59 Å². The summed E-state index contributed by atoms with van der Waals surface area (Å²) >= 11 is 6.87. The van der Waals surface area contributed by atoms with Gasteiger partial charge in [-0.3, -0.25) is 4.79 Å². The predicted molar refractivity (Wildman–Crippen MR) is 169 cm³/mol. The highest BCUT2D eigenvalue weighted by Gasteiger charge is 2.73. The van der Waals surface area contributed by atoms with Gasteiger partial charge in [-0.05, 0) is 97.4 Å². The Labute approximate surface area is 275 Å². The molecule has 1 aliphatic heterocycles. The van der Waals surface area contributed by atoms with Crippen LogP contribution >= 0.6 is 31.9 Å². The molecule has 4 aliphatic carbocycles. The van der Waals surface area contributed by atoms with Crippen molar-refractivity contribution in [2.45, 2.75) is 65.0 Å². The minimum Gasteiger partial charge on any atom is -0.455 e. The van der Waals surface area contributed by atoms with Gasteiger partial charge in [0.2, 0.25) is 0 Å². The third kappa shape index (κ3) is 5.01. The maximum atomic E-state index is 15.1. The molecule has 234 valence electrons. The topological polar surface area (TPSA) is 88.1 Å². The van der Waals surface area contributed by atoms with Gasteiger partial charge in [0.25, 0.3) is 0 Å². The summed E-state index contributed by atoms with van der Waals surface area (Å²) in [7, 11) is 0. The molecule has 0 aromatic heterocycles. The van der Waals surface area contributed by atoms with Gasteiger partial charge in [0, 0.05) is 32.1 Å². The van der Waals surface area contributed by atoms with Gasteiger partial charge < -0.3 is 18.9 Å². The van der Waals surface area contributed by atoms with Crippen molar-refractivity contribution >= 4 is 49.6 Å². The smallest absolute Gasteiger partial charge is 0.338 e. The zero-order chi connectivity index (χ0) is 31.0. The first-order valence-corrected chi connectivity index (χ1v) is 17.3. The summed E-state index contributed by atoms with van der Waals surface area (Å²) in [5.74, 6) is -0.675. The lowest BCUT2D eigenvalue weighted by atomic mass is 9.62. The number of hydrogen-bond acceptors (Lipinski definition) is 7. The Hall–Kier alpha value is -2.07. The molecule has 1 saturated heterocycles. The van der Waals surface area contributed by atoms with Crippen LogP contribution in [-0.4, -0.2) is 49.4 Å². The van der Waals surface area contributed by atoms with Crippen molar-refractivity contribution in [1.29, 1.82) is 0 Å². The van der Waals surface area contributed by atoms with Gasteiger partial charge in [-0.2, -0.15) is 0 Å². The Morgan fingerprint density at radius 2 is 1.39 bits per heavy atom. The standard InChI is InChI=1S/C35H38Br2O7/c1-18-14-25-28(34(25,2)3)24-16-27(43-31(39)19-4-8-22(36)9-5-19)29(44-32(40)20-6-10-23(37)11-7-20)26-15-21(33-41-12-13-42-33)17-35(18,26)30(24)38/h4-11,18,21,24-29,33H,12-17H2,1-3H3. The molecule has 9 heteroatoms. The number of Topliss-reactive ketones (excluding diaryl/α,β-unsaturated/α-hetero) is 1. The first-order chi connectivity index (χ1) is 21.0. The predicted octanol–water partition coefficient (Wildman–Crippen LogP) is 7.25. The van der Waals surface area contributed by atoms with Gasteiger partial charge in [-0.1, -0.05) is 52.6 Å². The Bertz CT molecular complexity index is 1450. The monoisotopic (exact) mass is 728 g/mol.